The van der Waals surface area contributed by atoms with Gasteiger partial charge in [-0.25, -0.2) is 13.2 Å². The number of rotatable bonds is 6. The summed E-state index contributed by atoms with van der Waals surface area (Å²) < 4.78 is 33.3. The number of aryl methyl sites for hydroxylation is 2. The van der Waals surface area contributed by atoms with Crippen LogP contribution in [-0.2, 0) is 24.2 Å². The molecule has 25 heavy (non-hydrogen) atoms. The highest BCUT2D eigenvalue weighted by Crippen LogP contribution is 2.22. The summed E-state index contributed by atoms with van der Waals surface area (Å²) in [6.45, 7) is 4.88. The number of nitrogens with one attached hydrogen (secondary N) is 1. The Morgan fingerprint density at radius 2 is 1.92 bits per heavy atom. The topological polar surface area (TPSA) is 98.8 Å². The Bertz CT molecular complexity index is 738. The third kappa shape index (κ3) is 5.45. The zero-order valence-corrected chi connectivity index (χ0v) is 15.4. The Morgan fingerprint density at radius 3 is 2.48 bits per heavy atom. The van der Waals surface area contributed by atoms with Crippen LogP contribution in [-0.4, -0.2) is 50.6 Å². The van der Waals surface area contributed by atoms with E-state index in [1.807, 2.05) is 32.0 Å². The zero-order chi connectivity index (χ0) is 18.6. The van der Waals surface area contributed by atoms with Gasteiger partial charge >= 0.3 is 5.97 Å². The summed E-state index contributed by atoms with van der Waals surface area (Å²) in [6.07, 6.45) is -0.637. The molecule has 1 aliphatic rings. The van der Waals surface area contributed by atoms with Crippen LogP contribution < -0.4 is 10.1 Å². The molecular formula is C17H23NO6S. The maximum atomic E-state index is 12.0. The van der Waals surface area contributed by atoms with Gasteiger partial charge in [0.15, 0.2) is 22.5 Å². The highest BCUT2D eigenvalue weighted by atomic mass is 32.2. The standard InChI is InChI=1S/C17H23NO6S/c1-11-5-4-6-12(2)16(11)23-9-15(19)24-13(3)17(20)18-14-7-8-25(21,22)10-14/h4-6,13-14H,7-10H2,1-3H3,(H,18,20)/t13-,14+/m0/s1. The first-order valence-corrected chi connectivity index (χ1v) is 9.89. The number of esters is 1. The van der Waals surface area contributed by atoms with Crippen molar-refractivity contribution < 1.29 is 27.5 Å². The Hall–Kier alpha value is -2.09. The molecule has 1 aliphatic heterocycles. The minimum Gasteiger partial charge on any atom is -0.481 e. The summed E-state index contributed by atoms with van der Waals surface area (Å²) in [5.74, 6) is -0.565. The lowest BCUT2D eigenvalue weighted by Crippen LogP contribution is -2.43. The van der Waals surface area contributed by atoms with Gasteiger partial charge in [-0.15, -0.1) is 0 Å². The quantitative estimate of drug-likeness (QED) is 0.749. The monoisotopic (exact) mass is 369 g/mol. The van der Waals surface area contributed by atoms with Crippen LogP contribution in [0.3, 0.4) is 0 Å². The van der Waals surface area contributed by atoms with Gasteiger partial charge in [-0.3, -0.25) is 4.79 Å². The third-order valence-electron chi connectivity index (χ3n) is 4.00. The van der Waals surface area contributed by atoms with E-state index in [4.69, 9.17) is 9.47 Å². The second kappa shape index (κ2) is 7.86. The largest absolute Gasteiger partial charge is 0.481 e. The number of carbonyl (C=O) groups is 2. The first-order valence-electron chi connectivity index (χ1n) is 8.07. The zero-order valence-electron chi connectivity index (χ0n) is 14.6. The van der Waals surface area contributed by atoms with Gasteiger partial charge in [0.05, 0.1) is 11.5 Å². The second-order valence-corrected chi connectivity index (χ2v) is 8.48. The van der Waals surface area contributed by atoms with Crippen molar-refractivity contribution in [1.82, 2.24) is 5.32 Å². The Morgan fingerprint density at radius 1 is 1.28 bits per heavy atom. The molecule has 1 saturated heterocycles. The lowest BCUT2D eigenvalue weighted by Gasteiger charge is -2.17. The van der Waals surface area contributed by atoms with Crippen LogP contribution >= 0.6 is 0 Å². The van der Waals surface area contributed by atoms with Gasteiger partial charge in [-0.05, 0) is 38.3 Å². The van der Waals surface area contributed by atoms with Crippen LogP contribution in [0.15, 0.2) is 18.2 Å². The van der Waals surface area contributed by atoms with E-state index >= 15 is 0 Å². The molecule has 2 rings (SSSR count). The number of carbonyl (C=O) groups excluding carboxylic acids is 2. The van der Waals surface area contributed by atoms with E-state index < -0.39 is 33.9 Å². The predicted octanol–water partition coefficient (Wildman–Crippen LogP) is 0.917. The van der Waals surface area contributed by atoms with E-state index in [1.54, 1.807) is 0 Å². The minimum absolute atomic E-state index is 0.0652. The van der Waals surface area contributed by atoms with Crippen molar-refractivity contribution in [2.75, 3.05) is 18.1 Å². The Labute approximate surface area is 147 Å². The van der Waals surface area contributed by atoms with Crippen molar-refractivity contribution in [3.8, 4) is 5.75 Å². The average Bonchev–Trinajstić information content (AvgIpc) is 2.85. The van der Waals surface area contributed by atoms with E-state index in [1.165, 1.54) is 6.92 Å². The van der Waals surface area contributed by atoms with Gasteiger partial charge in [-0.2, -0.15) is 0 Å². The fourth-order valence-electron chi connectivity index (χ4n) is 2.67. The molecule has 0 unspecified atom stereocenters. The molecule has 0 aromatic heterocycles. The van der Waals surface area contributed by atoms with Gasteiger partial charge in [-0.1, -0.05) is 18.2 Å². The van der Waals surface area contributed by atoms with Crippen LogP contribution in [0, 0.1) is 13.8 Å². The predicted molar refractivity (Wildman–Crippen MR) is 92.2 cm³/mol. The minimum atomic E-state index is -3.08. The van der Waals surface area contributed by atoms with Crippen molar-refractivity contribution >= 4 is 21.7 Å². The maximum Gasteiger partial charge on any atom is 0.344 e. The molecule has 1 amide bonds. The first-order chi connectivity index (χ1) is 11.7. The van der Waals surface area contributed by atoms with E-state index in [-0.39, 0.29) is 18.1 Å². The SMILES string of the molecule is Cc1cccc(C)c1OCC(=O)O[C@@H](C)C(=O)N[C@@H]1CCS(=O)(=O)C1. The Balaban J connectivity index is 1.80. The lowest BCUT2D eigenvalue weighted by atomic mass is 10.1. The van der Waals surface area contributed by atoms with Gasteiger partial charge in [0.25, 0.3) is 5.91 Å². The van der Waals surface area contributed by atoms with Gasteiger partial charge in [0.1, 0.15) is 5.75 Å². The number of benzene rings is 1. The van der Waals surface area contributed by atoms with Crippen molar-refractivity contribution in [3.05, 3.63) is 29.3 Å². The summed E-state index contributed by atoms with van der Waals surface area (Å²) in [4.78, 5) is 23.9. The number of sulfone groups is 1. The number of ether oxygens (including phenoxy) is 2. The molecule has 138 valence electrons. The number of para-hydroxylation sites is 1. The fourth-order valence-corrected chi connectivity index (χ4v) is 4.34. The van der Waals surface area contributed by atoms with Crippen molar-refractivity contribution in [2.45, 2.75) is 39.3 Å². The van der Waals surface area contributed by atoms with E-state index in [0.29, 0.717) is 12.2 Å². The maximum absolute atomic E-state index is 12.0. The van der Waals surface area contributed by atoms with E-state index in [2.05, 4.69) is 5.32 Å². The molecule has 7 nitrogen and oxygen atoms in total. The van der Waals surface area contributed by atoms with E-state index in [0.717, 1.165) is 11.1 Å². The molecule has 8 heteroatoms. The molecule has 0 spiro atoms. The molecule has 1 N–H and O–H groups in total. The smallest absolute Gasteiger partial charge is 0.344 e. The summed E-state index contributed by atoms with van der Waals surface area (Å²) in [5, 5.41) is 2.60. The molecule has 1 heterocycles. The molecule has 0 saturated carbocycles. The van der Waals surface area contributed by atoms with Crippen molar-refractivity contribution in [2.24, 2.45) is 0 Å². The highest BCUT2D eigenvalue weighted by molar-refractivity contribution is 7.91. The number of hydrogen-bond donors (Lipinski definition) is 1. The second-order valence-electron chi connectivity index (χ2n) is 6.25. The van der Waals surface area contributed by atoms with Crippen LogP contribution in [0.5, 0.6) is 5.75 Å². The molecule has 0 radical (unpaired) electrons. The Kier molecular flexibility index (Phi) is 6.05. The molecule has 0 aliphatic carbocycles. The average molecular weight is 369 g/mol. The number of amides is 1. The van der Waals surface area contributed by atoms with Crippen molar-refractivity contribution in [3.63, 3.8) is 0 Å². The van der Waals surface area contributed by atoms with E-state index in [9.17, 15) is 18.0 Å². The molecular weight excluding hydrogens is 346 g/mol. The van der Waals surface area contributed by atoms with Gasteiger partial charge < -0.3 is 14.8 Å². The molecule has 0 bridgehead atoms. The van der Waals surface area contributed by atoms with Crippen molar-refractivity contribution in [1.29, 1.82) is 0 Å². The van der Waals surface area contributed by atoms with Crippen LogP contribution in [0.25, 0.3) is 0 Å². The lowest BCUT2D eigenvalue weighted by molar-refractivity contribution is -0.156. The normalized spacial score (nSPS) is 19.9. The summed E-state index contributed by atoms with van der Waals surface area (Å²) in [7, 11) is -3.08. The van der Waals surface area contributed by atoms with Crippen LogP contribution in [0.2, 0.25) is 0 Å². The van der Waals surface area contributed by atoms with Gasteiger partial charge in [0, 0.05) is 6.04 Å². The molecule has 1 fully saturated rings. The van der Waals surface area contributed by atoms with Crippen LogP contribution in [0.1, 0.15) is 24.5 Å². The fraction of sp³-hybridized carbons (Fsp3) is 0.529. The van der Waals surface area contributed by atoms with Crippen LogP contribution in [0.4, 0.5) is 0 Å². The summed E-state index contributed by atoms with van der Waals surface area (Å²) in [5.41, 5.74) is 1.81. The molecule has 1 aromatic rings. The third-order valence-corrected chi connectivity index (χ3v) is 5.77. The first kappa shape index (κ1) is 19.2. The van der Waals surface area contributed by atoms with Gasteiger partial charge in [0.2, 0.25) is 0 Å². The molecule has 1 aromatic carbocycles. The summed E-state index contributed by atoms with van der Waals surface area (Å²) >= 11 is 0. The number of hydrogen-bond acceptors (Lipinski definition) is 6. The summed E-state index contributed by atoms with van der Waals surface area (Å²) in [6, 6.07) is 5.22. The molecule has 2 atom stereocenters. The highest BCUT2D eigenvalue weighted by Gasteiger charge is 2.30.